The van der Waals surface area contributed by atoms with Crippen LogP contribution in [0, 0.1) is 5.82 Å². The minimum absolute atomic E-state index is 0.258. The van der Waals surface area contributed by atoms with Gasteiger partial charge in [0.05, 0.1) is 0 Å². The first kappa shape index (κ1) is 12.2. The summed E-state index contributed by atoms with van der Waals surface area (Å²) >= 11 is 4.72. The third kappa shape index (κ3) is 5.52. The van der Waals surface area contributed by atoms with Gasteiger partial charge in [-0.25, -0.2) is 4.39 Å². The van der Waals surface area contributed by atoms with Crippen LogP contribution in [0.1, 0.15) is 12.8 Å². The third-order valence-corrected chi connectivity index (χ3v) is 2.00. The zero-order chi connectivity index (χ0) is 11.3. The summed E-state index contributed by atoms with van der Waals surface area (Å²) in [4.78, 5) is 0. The van der Waals surface area contributed by atoms with Crippen molar-refractivity contribution in [2.45, 2.75) is 18.2 Å². The molecule has 0 spiro atoms. The summed E-state index contributed by atoms with van der Waals surface area (Å²) in [7, 11) is 0. The second-order valence-corrected chi connectivity index (χ2v) is 3.71. The molecule has 0 aliphatic heterocycles. The maximum Gasteiger partial charge on any atom is 0.321 e. The zero-order valence-electron chi connectivity index (χ0n) is 7.94. The third-order valence-electron chi connectivity index (χ3n) is 1.81. The standard InChI is InChI=1S/C10H11ClF3N/c11-10(13,14)6-1-7-15-9-4-2-8(12)3-5-9/h2-5,15H,1,6-7H2. The van der Waals surface area contributed by atoms with Gasteiger partial charge in [0.25, 0.3) is 0 Å². The van der Waals surface area contributed by atoms with Gasteiger partial charge in [-0.15, -0.1) is 0 Å². The molecule has 1 aromatic rings. The van der Waals surface area contributed by atoms with Crippen LogP contribution < -0.4 is 5.32 Å². The Labute approximate surface area is 91.2 Å². The van der Waals surface area contributed by atoms with Crippen LogP contribution in [0.3, 0.4) is 0 Å². The Hall–Kier alpha value is -0.900. The smallest absolute Gasteiger partial charge is 0.321 e. The van der Waals surface area contributed by atoms with Crippen LogP contribution in [0.15, 0.2) is 24.3 Å². The lowest BCUT2D eigenvalue weighted by Crippen LogP contribution is -2.09. The molecule has 0 saturated heterocycles. The summed E-state index contributed by atoms with van der Waals surface area (Å²) in [6, 6.07) is 5.71. The van der Waals surface area contributed by atoms with Crippen molar-refractivity contribution in [3.8, 4) is 0 Å². The quantitative estimate of drug-likeness (QED) is 0.606. The normalized spacial score (nSPS) is 11.5. The minimum atomic E-state index is -3.13. The van der Waals surface area contributed by atoms with E-state index in [4.69, 9.17) is 11.6 Å². The minimum Gasteiger partial charge on any atom is -0.385 e. The van der Waals surface area contributed by atoms with Crippen LogP contribution in [0.4, 0.5) is 18.9 Å². The summed E-state index contributed by atoms with van der Waals surface area (Å²) in [5, 5.41) is -0.249. The summed E-state index contributed by atoms with van der Waals surface area (Å²) < 4.78 is 36.9. The number of nitrogens with one attached hydrogen (secondary N) is 1. The van der Waals surface area contributed by atoms with Crippen LogP contribution in [0.25, 0.3) is 0 Å². The molecular formula is C10H11ClF3N. The van der Waals surface area contributed by atoms with Crippen molar-refractivity contribution in [3.63, 3.8) is 0 Å². The lowest BCUT2D eigenvalue weighted by Gasteiger charge is -2.09. The van der Waals surface area contributed by atoms with Gasteiger partial charge in [-0.3, -0.25) is 0 Å². The fourth-order valence-electron chi connectivity index (χ4n) is 1.09. The molecule has 0 aliphatic rings. The van der Waals surface area contributed by atoms with E-state index in [2.05, 4.69) is 5.32 Å². The number of rotatable bonds is 5. The van der Waals surface area contributed by atoms with Gasteiger partial charge in [-0.05, 0) is 42.3 Å². The SMILES string of the molecule is Fc1ccc(NCCCC(F)(F)Cl)cc1. The number of benzene rings is 1. The molecule has 0 aliphatic carbocycles. The Kier molecular flexibility index (Phi) is 4.27. The fourth-order valence-corrected chi connectivity index (χ4v) is 1.22. The van der Waals surface area contributed by atoms with Gasteiger partial charge in [0.15, 0.2) is 0 Å². The van der Waals surface area contributed by atoms with Crippen molar-refractivity contribution >= 4 is 17.3 Å². The number of hydrogen-bond donors (Lipinski definition) is 1. The van der Waals surface area contributed by atoms with E-state index in [1.165, 1.54) is 12.1 Å². The highest BCUT2D eigenvalue weighted by Gasteiger charge is 2.23. The lowest BCUT2D eigenvalue weighted by molar-refractivity contribution is 0.0848. The highest BCUT2D eigenvalue weighted by atomic mass is 35.5. The van der Waals surface area contributed by atoms with Gasteiger partial charge >= 0.3 is 5.38 Å². The van der Waals surface area contributed by atoms with E-state index in [9.17, 15) is 13.2 Å². The highest BCUT2D eigenvalue weighted by Crippen LogP contribution is 2.24. The average molecular weight is 238 g/mol. The summed E-state index contributed by atoms with van der Waals surface area (Å²) in [6.07, 6.45) is -0.114. The summed E-state index contributed by atoms with van der Waals surface area (Å²) in [5.41, 5.74) is 0.703. The van der Waals surface area contributed by atoms with E-state index in [1.807, 2.05) is 0 Å². The summed E-state index contributed by atoms with van der Waals surface area (Å²) in [5.74, 6) is -0.326. The maximum atomic E-state index is 12.5. The zero-order valence-corrected chi connectivity index (χ0v) is 8.70. The number of halogens is 4. The lowest BCUT2D eigenvalue weighted by atomic mass is 10.3. The molecule has 1 rings (SSSR count). The van der Waals surface area contributed by atoms with Gasteiger partial charge in [0, 0.05) is 18.7 Å². The van der Waals surface area contributed by atoms with Crippen LogP contribution in [-0.4, -0.2) is 11.9 Å². The highest BCUT2D eigenvalue weighted by molar-refractivity contribution is 6.21. The molecular weight excluding hydrogens is 227 g/mol. The number of alkyl halides is 3. The number of hydrogen-bond acceptors (Lipinski definition) is 1. The van der Waals surface area contributed by atoms with Gasteiger partial charge in [0.1, 0.15) is 5.82 Å². The van der Waals surface area contributed by atoms with E-state index >= 15 is 0 Å². The molecule has 5 heteroatoms. The monoisotopic (exact) mass is 237 g/mol. The largest absolute Gasteiger partial charge is 0.385 e. The van der Waals surface area contributed by atoms with Gasteiger partial charge in [-0.1, -0.05) is 0 Å². The van der Waals surface area contributed by atoms with Gasteiger partial charge in [0.2, 0.25) is 0 Å². The predicted octanol–water partition coefficient (Wildman–Crippen LogP) is 3.85. The topological polar surface area (TPSA) is 12.0 Å². The summed E-state index contributed by atoms with van der Waals surface area (Å²) in [6.45, 7) is 0.383. The van der Waals surface area contributed by atoms with Crippen LogP contribution in [0.5, 0.6) is 0 Å². The Bertz CT molecular complexity index is 295. The van der Waals surface area contributed by atoms with Crippen LogP contribution in [-0.2, 0) is 0 Å². The van der Waals surface area contributed by atoms with E-state index in [0.717, 1.165) is 0 Å². The Balaban J connectivity index is 2.23. The predicted molar refractivity (Wildman–Crippen MR) is 54.9 cm³/mol. The molecule has 0 amide bonds. The van der Waals surface area contributed by atoms with E-state index in [-0.39, 0.29) is 18.7 Å². The van der Waals surface area contributed by atoms with Crippen LogP contribution >= 0.6 is 11.6 Å². The Morgan fingerprint density at radius 2 is 1.80 bits per heavy atom. The molecule has 0 aromatic heterocycles. The molecule has 1 N–H and O–H groups in total. The first-order valence-electron chi connectivity index (χ1n) is 4.53. The Morgan fingerprint density at radius 3 is 2.33 bits per heavy atom. The first-order valence-corrected chi connectivity index (χ1v) is 4.91. The van der Waals surface area contributed by atoms with Crippen molar-refractivity contribution in [3.05, 3.63) is 30.1 Å². The molecule has 1 aromatic carbocycles. The fraction of sp³-hybridized carbons (Fsp3) is 0.400. The molecule has 0 bridgehead atoms. The van der Waals surface area contributed by atoms with Crippen molar-refractivity contribution in [1.29, 1.82) is 0 Å². The second-order valence-electron chi connectivity index (χ2n) is 3.15. The van der Waals surface area contributed by atoms with Crippen molar-refractivity contribution < 1.29 is 13.2 Å². The van der Waals surface area contributed by atoms with Crippen LogP contribution in [0.2, 0.25) is 0 Å². The van der Waals surface area contributed by atoms with Gasteiger partial charge < -0.3 is 5.32 Å². The first-order chi connectivity index (χ1) is 6.97. The van der Waals surface area contributed by atoms with Crippen molar-refractivity contribution in [2.75, 3.05) is 11.9 Å². The van der Waals surface area contributed by atoms with Crippen molar-refractivity contribution in [1.82, 2.24) is 0 Å². The van der Waals surface area contributed by atoms with E-state index in [1.54, 1.807) is 12.1 Å². The molecule has 0 radical (unpaired) electrons. The van der Waals surface area contributed by atoms with Crippen molar-refractivity contribution in [2.24, 2.45) is 0 Å². The molecule has 0 atom stereocenters. The molecule has 0 heterocycles. The molecule has 0 saturated carbocycles. The molecule has 0 fully saturated rings. The average Bonchev–Trinajstić information content (AvgIpc) is 2.14. The van der Waals surface area contributed by atoms with E-state index < -0.39 is 5.38 Å². The molecule has 1 nitrogen and oxygen atoms in total. The molecule has 84 valence electrons. The molecule has 15 heavy (non-hydrogen) atoms. The maximum absolute atomic E-state index is 12.5. The number of anilines is 1. The van der Waals surface area contributed by atoms with Gasteiger partial charge in [-0.2, -0.15) is 8.78 Å². The van der Waals surface area contributed by atoms with E-state index in [0.29, 0.717) is 12.2 Å². The Morgan fingerprint density at radius 1 is 1.20 bits per heavy atom. The second kappa shape index (κ2) is 5.26. The molecule has 0 unspecified atom stereocenters.